The van der Waals surface area contributed by atoms with Crippen LogP contribution in [0.1, 0.15) is 13.3 Å². The zero-order valence-electron chi connectivity index (χ0n) is 21.0. The molecule has 2 aliphatic heterocycles. The van der Waals surface area contributed by atoms with Crippen LogP contribution >= 0.6 is 27.5 Å². The molecule has 1 aromatic carbocycles. The van der Waals surface area contributed by atoms with Crippen molar-refractivity contribution in [1.29, 1.82) is 0 Å². The SMILES string of the molecule is C[C@H]1C([C@H](O)[C@H](O)CO)O[C@@](OCC2O[C@@H](Oc3c[nH]c4ccc(Br)c(Cl)c34)C(O)[C@@H](O)[C@H]2O)(C(=O)O)C[C@H]1O. The molecule has 2 fully saturated rings. The smallest absolute Gasteiger partial charge is 0.364 e. The van der Waals surface area contributed by atoms with E-state index in [4.69, 9.17) is 30.5 Å². The average Bonchev–Trinajstić information content (AvgIpc) is 3.34. The summed E-state index contributed by atoms with van der Waals surface area (Å²) in [6, 6.07) is 3.43. The van der Waals surface area contributed by atoms with Gasteiger partial charge in [0.25, 0.3) is 5.79 Å². The molecule has 2 aliphatic rings. The molecule has 0 aliphatic carbocycles. The molecule has 3 unspecified atom stereocenters. The van der Waals surface area contributed by atoms with Crippen molar-refractivity contribution in [2.24, 2.45) is 5.92 Å². The highest BCUT2D eigenvalue weighted by Crippen LogP contribution is 2.39. The second kappa shape index (κ2) is 12.3. The number of carbonyl (C=O) groups is 1. The first kappa shape index (κ1) is 31.3. The monoisotopic (exact) mass is 655 g/mol. The number of nitrogens with one attached hydrogen (secondary N) is 1. The summed E-state index contributed by atoms with van der Waals surface area (Å²) in [5.41, 5.74) is 0.600. The van der Waals surface area contributed by atoms with Crippen LogP contribution in [0, 0.1) is 5.92 Å². The van der Waals surface area contributed by atoms with Gasteiger partial charge in [-0.3, -0.25) is 0 Å². The maximum absolute atomic E-state index is 12.3. The quantitative estimate of drug-likeness (QED) is 0.159. The highest BCUT2D eigenvalue weighted by atomic mass is 79.9. The van der Waals surface area contributed by atoms with Crippen molar-refractivity contribution in [3.63, 3.8) is 0 Å². The lowest BCUT2D eigenvalue weighted by Gasteiger charge is -2.46. The van der Waals surface area contributed by atoms with Crippen molar-refractivity contribution in [3.05, 3.63) is 27.8 Å². The zero-order valence-corrected chi connectivity index (χ0v) is 23.3. The Hall–Kier alpha value is -1.60. The van der Waals surface area contributed by atoms with Crippen LogP contribution in [0.25, 0.3) is 10.9 Å². The molecular formula is C24H31BrClNO13. The summed E-state index contributed by atoms with van der Waals surface area (Å²) < 4.78 is 23.1. The van der Waals surface area contributed by atoms with E-state index in [-0.39, 0.29) is 5.75 Å². The highest BCUT2D eigenvalue weighted by molar-refractivity contribution is 9.10. The molecule has 14 nitrogen and oxygen atoms in total. The summed E-state index contributed by atoms with van der Waals surface area (Å²) in [6.45, 7) is -0.131. The Morgan fingerprint density at radius 3 is 2.58 bits per heavy atom. The largest absolute Gasteiger partial charge is 0.477 e. The molecule has 3 heterocycles. The van der Waals surface area contributed by atoms with Gasteiger partial charge in [-0.25, -0.2) is 4.79 Å². The Labute approximate surface area is 240 Å². The summed E-state index contributed by atoms with van der Waals surface area (Å²) in [5, 5.41) is 82.3. The summed E-state index contributed by atoms with van der Waals surface area (Å²) in [6.07, 6.45) is -13.8. The van der Waals surface area contributed by atoms with E-state index in [0.717, 1.165) is 0 Å². The molecule has 40 heavy (non-hydrogen) atoms. The summed E-state index contributed by atoms with van der Waals surface area (Å²) in [7, 11) is 0. The molecule has 2 saturated heterocycles. The number of benzene rings is 1. The van der Waals surface area contributed by atoms with Gasteiger partial charge in [0.1, 0.15) is 42.4 Å². The Balaban J connectivity index is 1.54. The fourth-order valence-corrected chi connectivity index (χ4v) is 5.36. The number of halogens is 2. The molecule has 4 rings (SSSR count). The van der Waals surface area contributed by atoms with Crippen LogP contribution in [-0.4, -0.2) is 126 Å². The molecule has 0 saturated carbocycles. The number of fused-ring (bicyclic) bond motifs is 1. The molecule has 0 spiro atoms. The molecule has 1 aromatic heterocycles. The van der Waals surface area contributed by atoms with Crippen LogP contribution in [0.5, 0.6) is 5.75 Å². The molecule has 0 bridgehead atoms. The van der Waals surface area contributed by atoms with Crippen LogP contribution in [-0.2, 0) is 19.0 Å². The molecule has 2 aromatic rings. The number of carboxylic acids is 1. The predicted octanol–water partition coefficient (Wildman–Crippen LogP) is -0.932. The highest BCUT2D eigenvalue weighted by Gasteiger charge is 2.55. The maximum atomic E-state index is 12.3. The van der Waals surface area contributed by atoms with Crippen molar-refractivity contribution >= 4 is 44.4 Å². The third-order valence-electron chi connectivity index (χ3n) is 7.27. The molecular weight excluding hydrogens is 626 g/mol. The van der Waals surface area contributed by atoms with Gasteiger partial charge in [-0.15, -0.1) is 0 Å². The van der Waals surface area contributed by atoms with Crippen LogP contribution in [0.4, 0.5) is 0 Å². The Morgan fingerprint density at radius 2 is 1.93 bits per heavy atom. The van der Waals surface area contributed by atoms with Gasteiger partial charge in [0, 0.05) is 23.0 Å². The van der Waals surface area contributed by atoms with Gasteiger partial charge in [-0.1, -0.05) is 18.5 Å². The van der Waals surface area contributed by atoms with Gasteiger partial charge in [0.15, 0.2) is 0 Å². The number of aromatic amines is 1. The minimum absolute atomic E-state index is 0.155. The van der Waals surface area contributed by atoms with Crippen LogP contribution in [0.2, 0.25) is 5.02 Å². The van der Waals surface area contributed by atoms with Gasteiger partial charge in [0.05, 0.1) is 41.3 Å². The summed E-state index contributed by atoms with van der Waals surface area (Å²) >= 11 is 9.69. The van der Waals surface area contributed by atoms with E-state index in [1.165, 1.54) is 13.1 Å². The third-order valence-corrected chi connectivity index (χ3v) is 8.55. The van der Waals surface area contributed by atoms with Gasteiger partial charge in [-0.2, -0.15) is 0 Å². The van der Waals surface area contributed by atoms with Crippen molar-refractivity contribution in [2.45, 2.75) is 74.3 Å². The van der Waals surface area contributed by atoms with E-state index in [1.54, 1.807) is 12.1 Å². The second-order valence-electron chi connectivity index (χ2n) is 9.89. The number of aliphatic hydroxyl groups excluding tert-OH is 7. The standard InChI is InChI=1S/C24H31BrClNO13/c1-8-11(29)4-24(23(35)36,40-21(8)17(31)12(30)6-28)37-7-14-18(32)19(33)20(34)22(39-14)38-13-5-27-10-3-2-9(25)16(26)15(10)13/h2-3,5,8,11-12,14,17-22,27-34H,4,6-7H2,1H3,(H,35,36)/t8-,11-,12-,14?,17-,18+,19+,20?,21?,22-,24-/m1/s1. The van der Waals surface area contributed by atoms with Gasteiger partial charge >= 0.3 is 5.97 Å². The average molecular weight is 657 g/mol. The van der Waals surface area contributed by atoms with Crippen molar-refractivity contribution in [2.75, 3.05) is 13.2 Å². The van der Waals surface area contributed by atoms with E-state index in [2.05, 4.69) is 20.9 Å². The Kier molecular flexibility index (Phi) is 9.66. The van der Waals surface area contributed by atoms with Gasteiger partial charge in [-0.05, 0) is 28.1 Å². The fraction of sp³-hybridized carbons (Fsp3) is 0.625. The first-order chi connectivity index (χ1) is 18.8. The number of hydrogen-bond acceptors (Lipinski definition) is 12. The lowest BCUT2D eigenvalue weighted by molar-refractivity contribution is -0.336. The minimum Gasteiger partial charge on any atom is -0.477 e. The van der Waals surface area contributed by atoms with Crippen molar-refractivity contribution in [1.82, 2.24) is 4.98 Å². The first-order valence-corrected chi connectivity index (χ1v) is 13.5. The number of aliphatic hydroxyl groups is 7. The number of ether oxygens (including phenoxy) is 4. The Morgan fingerprint density at radius 1 is 1.23 bits per heavy atom. The van der Waals surface area contributed by atoms with Crippen LogP contribution < -0.4 is 4.74 Å². The lowest BCUT2D eigenvalue weighted by Crippen LogP contribution is -2.63. The lowest BCUT2D eigenvalue weighted by atomic mass is 9.84. The number of H-pyrrole nitrogens is 1. The van der Waals surface area contributed by atoms with Gasteiger partial charge in [0.2, 0.25) is 6.29 Å². The third kappa shape index (κ3) is 5.84. The maximum Gasteiger partial charge on any atom is 0.364 e. The molecule has 16 heteroatoms. The second-order valence-corrected chi connectivity index (χ2v) is 11.1. The number of aromatic nitrogens is 1. The fourth-order valence-electron chi connectivity index (χ4n) is 4.77. The Bertz CT molecular complexity index is 1200. The normalized spacial score (nSPS) is 36.4. The van der Waals surface area contributed by atoms with Gasteiger partial charge < -0.3 is 64.8 Å². The topological polar surface area (TPSA) is 232 Å². The van der Waals surface area contributed by atoms with E-state index in [0.29, 0.717) is 20.4 Å². The molecule has 0 radical (unpaired) electrons. The molecule has 224 valence electrons. The van der Waals surface area contributed by atoms with Crippen LogP contribution in [0.3, 0.4) is 0 Å². The zero-order chi connectivity index (χ0) is 29.5. The van der Waals surface area contributed by atoms with Crippen molar-refractivity contribution < 1.29 is 64.6 Å². The van der Waals surface area contributed by atoms with E-state index >= 15 is 0 Å². The number of hydrogen-bond donors (Lipinski definition) is 9. The number of carboxylic acid groups (broad SMARTS) is 1. The summed E-state index contributed by atoms with van der Waals surface area (Å²) in [4.78, 5) is 15.2. The summed E-state index contributed by atoms with van der Waals surface area (Å²) in [5.74, 6) is -4.96. The van der Waals surface area contributed by atoms with E-state index in [1.807, 2.05) is 0 Å². The predicted molar refractivity (Wildman–Crippen MR) is 138 cm³/mol. The number of aliphatic carboxylic acids is 1. The van der Waals surface area contributed by atoms with Crippen LogP contribution in [0.15, 0.2) is 22.8 Å². The molecule has 11 atom stereocenters. The first-order valence-electron chi connectivity index (χ1n) is 12.3. The van der Waals surface area contributed by atoms with E-state index < -0.39 is 92.4 Å². The minimum atomic E-state index is -2.57. The number of rotatable bonds is 9. The molecule has 9 N–H and O–H groups in total. The van der Waals surface area contributed by atoms with E-state index in [9.17, 15) is 45.6 Å². The molecule has 0 amide bonds. The van der Waals surface area contributed by atoms with Crippen molar-refractivity contribution in [3.8, 4) is 5.75 Å².